The molecule has 0 aliphatic carbocycles. The number of nitrogens with zero attached hydrogens (tertiary/aromatic N) is 1. The van der Waals surface area contributed by atoms with Gasteiger partial charge in [-0.25, -0.2) is 0 Å². The molecule has 6 nitrogen and oxygen atoms in total. The van der Waals surface area contributed by atoms with Gasteiger partial charge in [0.1, 0.15) is 6.54 Å². The van der Waals surface area contributed by atoms with E-state index in [9.17, 15) is 9.59 Å². The molecule has 130 valence electrons. The minimum atomic E-state index is -0.543. The second-order valence-electron chi connectivity index (χ2n) is 6.04. The average molecular weight is 330 g/mol. The van der Waals surface area contributed by atoms with Gasteiger partial charge in [-0.2, -0.15) is 0 Å². The largest absolute Gasteiger partial charge is 0.358 e. The van der Waals surface area contributed by atoms with Crippen LogP contribution in [0, 0.1) is 5.41 Å². The van der Waals surface area contributed by atoms with Crippen LogP contribution >= 0.6 is 0 Å². The van der Waals surface area contributed by atoms with Crippen molar-refractivity contribution < 1.29 is 9.59 Å². The normalized spacial score (nSPS) is 11.5. The zero-order valence-electron chi connectivity index (χ0n) is 14.6. The number of aromatic nitrogens is 1. The fourth-order valence-corrected chi connectivity index (χ4v) is 2.85. The number of fused-ring (bicyclic) bond motifs is 1. The molecule has 0 atom stereocenters. The van der Waals surface area contributed by atoms with E-state index >= 15 is 0 Å². The number of hydrogen-bond acceptors (Lipinski definition) is 3. The molecule has 0 aliphatic heterocycles. The molecule has 2 aromatic rings. The van der Waals surface area contributed by atoms with Crippen molar-refractivity contribution in [3.8, 4) is 0 Å². The molecular formula is C18H26N4O2. The third kappa shape index (κ3) is 3.43. The molecule has 1 heterocycles. The second kappa shape index (κ2) is 7.49. The highest BCUT2D eigenvalue weighted by atomic mass is 16.2. The molecule has 0 radical (unpaired) electrons. The highest BCUT2D eigenvalue weighted by Gasteiger charge is 2.33. The predicted octanol–water partition coefficient (Wildman–Crippen LogP) is 2.09. The SMILES string of the molecule is CCC(CC)(CN)C(=O)Nc1ccc2ccn(CC(=O)NC)c2c1. The van der Waals surface area contributed by atoms with Gasteiger partial charge >= 0.3 is 0 Å². The second-order valence-corrected chi connectivity index (χ2v) is 6.04. The number of nitrogens with two attached hydrogens (primary N) is 1. The van der Waals surface area contributed by atoms with Crippen molar-refractivity contribution in [1.82, 2.24) is 9.88 Å². The first-order chi connectivity index (χ1) is 11.5. The van der Waals surface area contributed by atoms with Crippen LogP contribution in [0.4, 0.5) is 5.69 Å². The molecule has 2 amide bonds. The van der Waals surface area contributed by atoms with Crippen molar-refractivity contribution in [1.29, 1.82) is 0 Å². The summed E-state index contributed by atoms with van der Waals surface area (Å²) in [5.41, 5.74) is 6.92. The summed E-state index contributed by atoms with van der Waals surface area (Å²) < 4.78 is 1.86. The van der Waals surface area contributed by atoms with Crippen LogP contribution < -0.4 is 16.4 Å². The lowest BCUT2D eigenvalue weighted by Gasteiger charge is -2.28. The number of carbonyl (C=O) groups excluding carboxylic acids is 2. The van der Waals surface area contributed by atoms with E-state index in [2.05, 4.69) is 10.6 Å². The zero-order chi connectivity index (χ0) is 17.7. The zero-order valence-corrected chi connectivity index (χ0v) is 14.6. The van der Waals surface area contributed by atoms with Crippen LogP contribution in [0.1, 0.15) is 26.7 Å². The van der Waals surface area contributed by atoms with Gasteiger partial charge in [0.2, 0.25) is 11.8 Å². The van der Waals surface area contributed by atoms with E-state index in [1.54, 1.807) is 7.05 Å². The van der Waals surface area contributed by atoms with Gasteiger partial charge in [0.15, 0.2) is 0 Å². The Morgan fingerprint density at radius 1 is 1.21 bits per heavy atom. The topological polar surface area (TPSA) is 89.2 Å². The van der Waals surface area contributed by atoms with Crippen molar-refractivity contribution in [2.45, 2.75) is 33.2 Å². The lowest BCUT2D eigenvalue weighted by molar-refractivity contribution is -0.125. The molecular weight excluding hydrogens is 304 g/mol. The van der Waals surface area contributed by atoms with E-state index in [0.717, 1.165) is 10.9 Å². The molecule has 0 saturated heterocycles. The maximum absolute atomic E-state index is 12.6. The van der Waals surface area contributed by atoms with Crippen molar-refractivity contribution in [2.75, 3.05) is 18.9 Å². The summed E-state index contributed by atoms with van der Waals surface area (Å²) in [5, 5.41) is 6.61. The molecule has 0 fully saturated rings. The van der Waals surface area contributed by atoms with Crippen LogP contribution in [0.25, 0.3) is 10.9 Å². The van der Waals surface area contributed by atoms with E-state index in [4.69, 9.17) is 5.73 Å². The summed E-state index contributed by atoms with van der Waals surface area (Å²) in [6.45, 7) is 4.52. The molecule has 6 heteroatoms. The molecule has 0 aliphatic rings. The molecule has 4 N–H and O–H groups in total. The maximum Gasteiger partial charge on any atom is 0.239 e. The van der Waals surface area contributed by atoms with E-state index in [0.29, 0.717) is 25.1 Å². The van der Waals surface area contributed by atoms with Crippen LogP contribution in [0.3, 0.4) is 0 Å². The number of amides is 2. The van der Waals surface area contributed by atoms with Crippen molar-refractivity contribution in [3.05, 3.63) is 30.5 Å². The first-order valence-corrected chi connectivity index (χ1v) is 8.30. The molecule has 1 aromatic carbocycles. The van der Waals surface area contributed by atoms with Crippen molar-refractivity contribution in [2.24, 2.45) is 11.1 Å². The summed E-state index contributed by atoms with van der Waals surface area (Å²) in [5.74, 6) is -0.125. The highest BCUT2D eigenvalue weighted by Crippen LogP contribution is 2.28. The smallest absolute Gasteiger partial charge is 0.239 e. The van der Waals surface area contributed by atoms with Gasteiger partial charge in [-0.3, -0.25) is 9.59 Å². The van der Waals surface area contributed by atoms with Crippen molar-refractivity contribution >= 4 is 28.4 Å². The van der Waals surface area contributed by atoms with Gasteiger partial charge in [0.25, 0.3) is 0 Å². The minimum absolute atomic E-state index is 0.0567. The van der Waals surface area contributed by atoms with E-state index in [-0.39, 0.29) is 18.4 Å². The van der Waals surface area contributed by atoms with E-state index in [1.807, 2.05) is 48.9 Å². The Morgan fingerprint density at radius 2 is 1.92 bits per heavy atom. The molecule has 0 saturated carbocycles. The highest BCUT2D eigenvalue weighted by molar-refractivity contribution is 5.97. The number of benzene rings is 1. The molecule has 1 aromatic heterocycles. The van der Waals surface area contributed by atoms with Gasteiger partial charge in [0.05, 0.1) is 10.9 Å². The van der Waals surface area contributed by atoms with Crippen LogP contribution in [0.2, 0.25) is 0 Å². The number of carbonyl (C=O) groups is 2. The lowest BCUT2D eigenvalue weighted by atomic mass is 9.81. The first kappa shape index (κ1) is 18.0. The Balaban J connectivity index is 2.28. The van der Waals surface area contributed by atoms with Crippen LogP contribution in [0.15, 0.2) is 30.5 Å². The number of nitrogens with one attached hydrogen (secondary N) is 2. The van der Waals surface area contributed by atoms with Gasteiger partial charge in [0, 0.05) is 25.5 Å². The molecule has 24 heavy (non-hydrogen) atoms. The molecule has 2 rings (SSSR count). The summed E-state index contributed by atoms with van der Waals surface area (Å²) >= 11 is 0. The van der Waals surface area contributed by atoms with Gasteiger partial charge in [-0.05, 0) is 36.4 Å². The Labute approximate surface area is 142 Å². The number of anilines is 1. The quantitative estimate of drug-likeness (QED) is 0.726. The lowest BCUT2D eigenvalue weighted by Crippen LogP contribution is -2.41. The van der Waals surface area contributed by atoms with Gasteiger partial charge < -0.3 is 20.9 Å². The fourth-order valence-electron chi connectivity index (χ4n) is 2.85. The van der Waals surface area contributed by atoms with E-state index in [1.165, 1.54) is 0 Å². The summed E-state index contributed by atoms with van der Waals surface area (Å²) in [4.78, 5) is 24.3. The Bertz CT molecular complexity index is 723. The minimum Gasteiger partial charge on any atom is -0.358 e. The third-order valence-electron chi connectivity index (χ3n) is 4.85. The van der Waals surface area contributed by atoms with Crippen LogP contribution in [0.5, 0.6) is 0 Å². The fraction of sp³-hybridized carbons (Fsp3) is 0.444. The van der Waals surface area contributed by atoms with Crippen molar-refractivity contribution in [3.63, 3.8) is 0 Å². The predicted molar refractivity (Wildman–Crippen MR) is 96.7 cm³/mol. The van der Waals surface area contributed by atoms with Gasteiger partial charge in [-0.15, -0.1) is 0 Å². The van der Waals surface area contributed by atoms with Gasteiger partial charge in [-0.1, -0.05) is 19.9 Å². The number of likely N-dealkylation sites (N-methyl/N-ethyl adjacent to an activating group) is 1. The van der Waals surface area contributed by atoms with Crippen LogP contribution in [-0.2, 0) is 16.1 Å². The molecule has 0 unspecified atom stereocenters. The maximum atomic E-state index is 12.6. The average Bonchev–Trinajstić information content (AvgIpc) is 2.99. The Hall–Kier alpha value is -2.34. The standard InChI is InChI=1S/C18H26N4O2/c1-4-18(5-2,12-19)17(24)21-14-7-6-13-8-9-22(15(13)10-14)11-16(23)20-3/h6-10H,4-5,11-12,19H2,1-3H3,(H,20,23)(H,21,24). The Morgan fingerprint density at radius 3 is 2.50 bits per heavy atom. The molecule has 0 spiro atoms. The number of hydrogen-bond donors (Lipinski definition) is 3. The first-order valence-electron chi connectivity index (χ1n) is 8.30. The Kier molecular flexibility index (Phi) is 5.62. The molecule has 0 bridgehead atoms. The monoisotopic (exact) mass is 330 g/mol. The summed E-state index contributed by atoms with van der Waals surface area (Å²) in [6.07, 6.45) is 3.26. The van der Waals surface area contributed by atoms with E-state index < -0.39 is 5.41 Å². The summed E-state index contributed by atoms with van der Waals surface area (Å²) in [7, 11) is 1.61. The van der Waals surface area contributed by atoms with Crippen LogP contribution in [-0.4, -0.2) is 30.0 Å². The third-order valence-corrected chi connectivity index (χ3v) is 4.85. The summed E-state index contributed by atoms with van der Waals surface area (Å²) in [6, 6.07) is 7.65. The number of rotatable bonds is 7.